The van der Waals surface area contributed by atoms with E-state index >= 15 is 0 Å². The van der Waals surface area contributed by atoms with E-state index in [1.807, 2.05) is 31.2 Å². The van der Waals surface area contributed by atoms with Crippen LogP contribution in [0, 0.1) is 17.3 Å². The molecule has 1 aromatic carbocycles. The molecule has 1 saturated carbocycles. The summed E-state index contributed by atoms with van der Waals surface area (Å²) in [6.07, 6.45) is 8.27. The predicted molar refractivity (Wildman–Crippen MR) is 142 cm³/mol. The molecule has 0 spiro atoms. The summed E-state index contributed by atoms with van der Waals surface area (Å²) in [6, 6.07) is 8.41. The molecule has 2 saturated heterocycles. The van der Waals surface area contributed by atoms with Gasteiger partial charge in [0.05, 0.1) is 18.7 Å². The highest BCUT2D eigenvalue weighted by atomic mass is 16.3. The summed E-state index contributed by atoms with van der Waals surface area (Å²) in [5.41, 5.74) is 1.81. The predicted octanol–water partition coefficient (Wildman–Crippen LogP) is 6.04. The second-order valence-electron chi connectivity index (χ2n) is 12.1. The molecule has 5 nitrogen and oxygen atoms in total. The van der Waals surface area contributed by atoms with Gasteiger partial charge in [-0.1, -0.05) is 45.9 Å². The monoisotopic (exact) mass is 480 g/mol. The lowest BCUT2D eigenvalue weighted by Gasteiger charge is -2.36. The number of piperidine rings is 1. The molecule has 5 heteroatoms. The number of hydrogen-bond donors (Lipinski definition) is 1. The van der Waals surface area contributed by atoms with E-state index < -0.39 is 0 Å². The van der Waals surface area contributed by atoms with Gasteiger partial charge in [-0.05, 0) is 61.8 Å². The molecule has 35 heavy (non-hydrogen) atoms. The van der Waals surface area contributed by atoms with Crippen LogP contribution in [0.4, 0.5) is 0 Å². The van der Waals surface area contributed by atoms with Crippen LogP contribution in [0.3, 0.4) is 0 Å². The molecule has 0 amide bonds. The third-order valence-electron chi connectivity index (χ3n) is 7.83. The van der Waals surface area contributed by atoms with Crippen molar-refractivity contribution in [2.45, 2.75) is 85.1 Å². The molecule has 2 aliphatic heterocycles. The maximum absolute atomic E-state index is 13.2. The number of furan rings is 1. The van der Waals surface area contributed by atoms with Gasteiger partial charge < -0.3 is 9.73 Å². The molecule has 2 aromatic rings. The van der Waals surface area contributed by atoms with Gasteiger partial charge in [0.1, 0.15) is 11.3 Å². The number of nitrogens with one attached hydrogen (secondary N) is 1. The van der Waals surface area contributed by atoms with Gasteiger partial charge >= 0.3 is 0 Å². The number of carbonyl (C=O) groups is 2. The summed E-state index contributed by atoms with van der Waals surface area (Å²) in [7, 11) is 0. The third-order valence-corrected chi connectivity index (χ3v) is 7.83. The van der Waals surface area contributed by atoms with Gasteiger partial charge in [0.15, 0.2) is 11.6 Å². The Morgan fingerprint density at radius 1 is 1.14 bits per heavy atom. The number of nitrogens with zero attached hydrogens (tertiary/aromatic N) is 1. The van der Waals surface area contributed by atoms with Crippen LogP contribution < -0.4 is 5.32 Å². The Morgan fingerprint density at radius 2 is 1.94 bits per heavy atom. The van der Waals surface area contributed by atoms with Gasteiger partial charge in [-0.15, -0.1) is 0 Å². The van der Waals surface area contributed by atoms with Crippen molar-refractivity contribution >= 4 is 22.5 Å². The zero-order valence-corrected chi connectivity index (χ0v) is 22.2. The average Bonchev–Trinajstić information content (AvgIpc) is 2.96. The first-order chi connectivity index (χ1) is 16.7. The van der Waals surface area contributed by atoms with Crippen molar-refractivity contribution in [3.05, 3.63) is 35.6 Å². The second-order valence-corrected chi connectivity index (χ2v) is 12.1. The van der Waals surface area contributed by atoms with Gasteiger partial charge in [0, 0.05) is 37.4 Å². The largest absolute Gasteiger partial charge is 0.460 e. The molecule has 1 aliphatic carbocycles. The molecule has 1 unspecified atom stereocenters. The molecule has 1 aromatic heterocycles. The number of hydrogen-bond acceptors (Lipinski definition) is 5. The van der Waals surface area contributed by atoms with Crippen LogP contribution in [0.5, 0.6) is 0 Å². The molecule has 3 fully saturated rings. The van der Waals surface area contributed by atoms with Crippen LogP contribution in [-0.4, -0.2) is 48.7 Å². The van der Waals surface area contributed by atoms with Crippen LogP contribution in [-0.2, 0) is 11.2 Å². The van der Waals surface area contributed by atoms with Crippen molar-refractivity contribution in [3.8, 4) is 0 Å². The number of benzene rings is 1. The lowest BCUT2D eigenvalue weighted by Crippen LogP contribution is -2.46. The first-order valence-corrected chi connectivity index (χ1v) is 13.7. The second kappa shape index (κ2) is 11.4. The number of fused-ring (bicyclic) bond motifs is 5. The maximum atomic E-state index is 13.2. The number of para-hydroxylation sites is 1. The van der Waals surface area contributed by atoms with Crippen molar-refractivity contribution in [2.75, 3.05) is 26.2 Å². The molecule has 1 N–H and O–H groups in total. The zero-order valence-electron chi connectivity index (χ0n) is 22.2. The summed E-state index contributed by atoms with van der Waals surface area (Å²) in [5.74, 6) is 2.70. The molecule has 3 heterocycles. The van der Waals surface area contributed by atoms with Crippen molar-refractivity contribution < 1.29 is 14.0 Å². The molecule has 192 valence electrons. The van der Waals surface area contributed by atoms with E-state index in [-0.39, 0.29) is 11.2 Å². The number of ketones is 2. The fraction of sp³-hybridized carbons (Fsp3) is 0.667. The Balaban J connectivity index is 1.27. The highest BCUT2D eigenvalue weighted by Crippen LogP contribution is 2.38. The Bertz CT molecular complexity index is 1020. The quantitative estimate of drug-likeness (QED) is 0.397. The standard InChI is InChI=1S/C30H44N2O3/c1-5-27-29(25-10-6-7-12-28(25)35-27)26(34)11-8-9-21-15-22-13-14-23(16-21)32(18-22)19-24(33)17-31-20-30(2,3)4/h6-7,10,12,21-23,31H,5,8-9,11,13-20H2,1-4H3/t21-,22?,23+/m0/s1. The van der Waals surface area contributed by atoms with E-state index in [0.717, 1.165) is 54.6 Å². The van der Waals surface area contributed by atoms with Gasteiger partial charge in [-0.25, -0.2) is 0 Å². The van der Waals surface area contributed by atoms with E-state index in [0.29, 0.717) is 43.2 Å². The normalized spacial score (nSPS) is 23.0. The summed E-state index contributed by atoms with van der Waals surface area (Å²) in [4.78, 5) is 28.2. The van der Waals surface area contributed by atoms with Crippen LogP contribution in [0.1, 0.15) is 88.8 Å². The average molecular weight is 481 g/mol. The minimum Gasteiger partial charge on any atom is -0.460 e. The summed E-state index contributed by atoms with van der Waals surface area (Å²) in [6.45, 7) is 11.6. The summed E-state index contributed by atoms with van der Waals surface area (Å²) in [5, 5.41) is 4.30. The first-order valence-electron chi connectivity index (χ1n) is 13.7. The Labute approximate surface area is 211 Å². The SMILES string of the molecule is CCc1oc2ccccc2c1C(=O)CCC[C@H]1CC2CC[C@H](C1)N(CC(=O)CNCC(C)(C)C)C2. The summed E-state index contributed by atoms with van der Waals surface area (Å²) >= 11 is 0. The Morgan fingerprint density at radius 3 is 2.71 bits per heavy atom. The first kappa shape index (κ1) is 26.1. The maximum Gasteiger partial charge on any atom is 0.167 e. The van der Waals surface area contributed by atoms with E-state index in [1.165, 1.54) is 25.7 Å². The number of rotatable bonds is 11. The third kappa shape index (κ3) is 6.83. The molecule has 3 aliphatic rings. The van der Waals surface area contributed by atoms with Gasteiger partial charge in [-0.3, -0.25) is 14.5 Å². The molecular formula is C30H44N2O3. The van der Waals surface area contributed by atoms with E-state index in [2.05, 4.69) is 31.0 Å². The van der Waals surface area contributed by atoms with Crippen molar-refractivity contribution in [2.24, 2.45) is 17.3 Å². The molecule has 3 atom stereocenters. The highest BCUT2D eigenvalue weighted by Gasteiger charge is 2.36. The minimum atomic E-state index is 0.194. The van der Waals surface area contributed by atoms with Crippen LogP contribution >= 0.6 is 0 Å². The smallest absolute Gasteiger partial charge is 0.167 e. The van der Waals surface area contributed by atoms with Gasteiger partial charge in [0.2, 0.25) is 0 Å². The minimum absolute atomic E-state index is 0.194. The number of carbonyl (C=O) groups excluding carboxylic acids is 2. The molecule has 0 radical (unpaired) electrons. The number of Topliss-reactive ketones (excluding diaryl/α,β-unsaturated/α-hetero) is 2. The fourth-order valence-electron chi connectivity index (χ4n) is 6.21. The highest BCUT2D eigenvalue weighted by molar-refractivity contribution is 6.08. The van der Waals surface area contributed by atoms with Crippen LogP contribution in [0.25, 0.3) is 11.0 Å². The van der Waals surface area contributed by atoms with Crippen molar-refractivity contribution in [1.82, 2.24) is 10.2 Å². The van der Waals surface area contributed by atoms with Gasteiger partial charge in [-0.2, -0.15) is 0 Å². The summed E-state index contributed by atoms with van der Waals surface area (Å²) < 4.78 is 5.94. The van der Waals surface area contributed by atoms with E-state index in [4.69, 9.17) is 4.42 Å². The van der Waals surface area contributed by atoms with Crippen LogP contribution in [0.2, 0.25) is 0 Å². The van der Waals surface area contributed by atoms with Crippen LogP contribution in [0.15, 0.2) is 28.7 Å². The van der Waals surface area contributed by atoms with E-state index in [9.17, 15) is 9.59 Å². The fourth-order valence-corrected chi connectivity index (χ4v) is 6.21. The molecular weight excluding hydrogens is 436 g/mol. The zero-order chi connectivity index (χ0) is 25.0. The molecule has 5 rings (SSSR count). The Hall–Kier alpha value is -1.98. The van der Waals surface area contributed by atoms with Crippen molar-refractivity contribution in [3.63, 3.8) is 0 Å². The van der Waals surface area contributed by atoms with Gasteiger partial charge in [0.25, 0.3) is 0 Å². The lowest BCUT2D eigenvalue weighted by atomic mass is 9.89. The van der Waals surface area contributed by atoms with E-state index in [1.54, 1.807) is 0 Å². The Kier molecular flexibility index (Phi) is 8.49. The lowest BCUT2D eigenvalue weighted by molar-refractivity contribution is -0.120. The van der Waals surface area contributed by atoms with Crippen molar-refractivity contribution in [1.29, 1.82) is 0 Å². The number of aryl methyl sites for hydroxylation is 1. The topological polar surface area (TPSA) is 62.6 Å². The molecule has 2 bridgehead atoms.